The standard InChI is InChI=1S/C23H32F2N4O2/c1-13-6-7-18(17(25)10-13)27-20(30)8-9-29-19-12-16(24)11-14(2)21(19)22(28(5)26-4)15(3)23(29)31/h7,10-15,21-22,26H,6,8-9H2,1-5H3,(H,27,30)/t13-,14+,15?,21?,22?/m0/s1. The van der Waals surface area contributed by atoms with E-state index < -0.39 is 5.83 Å². The Hall–Kier alpha value is -2.32. The van der Waals surface area contributed by atoms with Crippen LogP contribution in [-0.2, 0) is 9.59 Å². The zero-order valence-electron chi connectivity index (χ0n) is 18.8. The van der Waals surface area contributed by atoms with E-state index in [-0.39, 0.29) is 66.0 Å². The van der Waals surface area contributed by atoms with Crippen LogP contribution < -0.4 is 10.7 Å². The molecule has 0 radical (unpaired) electrons. The van der Waals surface area contributed by atoms with Gasteiger partial charge in [0.15, 0.2) is 0 Å². The van der Waals surface area contributed by atoms with Gasteiger partial charge in [-0.25, -0.2) is 13.8 Å². The number of hydrogen-bond donors (Lipinski definition) is 2. The van der Waals surface area contributed by atoms with E-state index in [1.807, 2.05) is 32.8 Å². The maximum atomic E-state index is 14.3. The number of carbonyl (C=O) groups excluding carboxylic acids is 2. The van der Waals surface area contributed by atoms with Gasteiger partial charge in [0.25, 0.3) is 0 Å². The Morgan fingerprint density at radius 2 is 1.97 bits per heavy atom. The van der Waals surface area contributed by atoms with Crippen LogP contribution in [0.25, 0.3) is 0 Å². The molecule has 3 rings (SSSR count). The van der Waals surface area contributed by atoms with Crippen LogP contribution in [0.3, 0.4) is 0 Å². The number of hydrazine groups is 1. The van der Waals surface area contributed by atoms with Crippen molar-refractivity contribution in [1.29, 1.82) is 0 Å². The minimum atomic E-state index is -0.441. The summed E-state index contributed by atoms with van der Waals surface area (Å²) in [6.07, 6.45) is 6.78. The molecular formula is C23H32F2N4O2. The second-order valence-corrected chi connectivity index (χ2v) is 8.75. The van der Waals surface area contributed by atoms with E-state index in [4.69, 9.17) is 0 Å². The van der Waals surface area contributed by atoms with Crippen molar-refractivity contribution in [2.45, 2.75) is 39.7 Å². The van der Waals surface area contributed by atoms with Gasteiger partial charge in [-0.2, -0.15) is 0 Å². The van der Waals surface area contributed by atoms with Crippen molar-refractivity contribution in [3.8, 4) is 0 Å². The van der Waals surface area contributed by atoms with Crippen LogP contribution >= 0.6 is 0 Å². The summed E-state index contributed by atoms with van der Waals surface area (Å²) in [5.41, 5.74) is 3.84. The van der Waals surface area contributed by atoms with E-state index >= 15 is 0 Å². The van der Waals surface area contributed by atoms with Gasteiger partial charge in [0.1, 0.15) is 11.7 Å². The molecule has 2 N–H and O–H groups in total. The zero-order chi connectivity index (χ0) is 22.9. The lowest BCUT2D eigenvalue weighted by atomic mass is 9.72. The molecule has 1 aliphatic heterocycles. The normalized spacial score (nSPS) is 30.9. The number of rotatable bonds is 6. The smallest absolute Gasteiger partial charge is 0.231 e. The number of hydrogen-bond acceptors (Lipinski definition) is 4. The van der Waals surface area contributed by atoms with Gasteiger partial charge in [0.05, 0.1) is 11.6 Å². The molecule has 6 nitrogen and oxygen atoms in total. The van der Waals surface area contributed by atoms with Gasteiger partial charge in [-0.15, -0.1) is 0 Å². The summed E-state index contributed by atoms with van der Waals surface area (Å²) in [7, 11) is 3.66. The van der Waals surface area contributed by atoms with Crippen molar-refractivity contribution in [2.75, 3.05) is 20.6 Å². The van der Waals surface area contributed by atoms with Crippen molar-refractivity contribution >= 4 is 11.8 Å². The predicted molar refractivity (Wildman–Crippen MR) is 115 cm³/mol. The largest absolute Gasteiger partial charge is 0.324 e. The van der Waals surface area contributed by atoms with Gasteiger partial charge in [0.2, 0.25) is 11.8 Å². The highest BCUT2D eigenvalue weighted by atomic mass is 19.1. The summed E-state index contributed by atoms with van der Waals surface area (Å²) >= 11 is 0. The molecule has 8 heteroatoms. The second kappa shape index (κ2) is 9.44. The van der Waals surface area contributed by atoms with E-state index in [0.29, 0.717) is 12.1 Å². The number of carbonyl (C=O) groups is 2. The summed E-state index contributed by atoms with van der Waals surface area (Å²) in [5, 5.41) is 4.49. The molecule has 5 atom stereocenters. The lowest BCUT2D eigenvalue weighted by molar-refractivity contribution is -0.142. The molecule has 170 valence electrons. The summed E-state index contributed by atoms with van der Waals surface area (Å²) in [4.78, 5) is 27.2. The Morgan fingerprint density at radius 3 is 2.61 bits per heavy atom. The number of allylic oxidation sites excluding steroid dienone is 6. The third-order valence-electron chi connectivity index (χ3n) is 6.48. The molecule has 2 amide bonds. The van der Waals surface area contributed by atoms with Crippen molar-refractivity contribution in [2.24, 2.45) is 23.7 Å². The molecule has 0 aromatic rings. The summed E-state index contributed by atoms with van der Waals surface area (Å²) in [6.45, 7) is 5.81. The SMILES string of the molecule is CNN(C)C1C(C)C(=O)N(CCC(=O)NC2=CC[C@H](C)C=C2F)C2=CC(F)=C[C@@H](C)C21. The average molecular weight is 435 g/mol. The summed E-state index contributed by atoms with van der Waals surface area (Å²) in [5.74, 6) is -1.81. The molecular weight excluding hydrogens is 402 g/mol. The van der Waals surface area contributed by atoms with Crippen LogP contribution in [0.5, 0.6) is 0 Å². The van der Waals surface area contributed by atoms with Crippen LogP contribution in [-0.4, -0.2) is 48.4 Å². The average Bonchev–Trinajstić information content (AvgIpc) is 2.70. The molecule has 3 unspecified atom stereocenters. The van der Waals surface area contributed by atoms with E-state index in [2.05, 4.69) is 10.7 Å². The highest BCUT2D eigenvalue weighted by Gasteiger charge is 2.48. The molecule has 2 aliphatic carbocycles. The Balaban J connectivity index is 1.76. The van der Waals surface area contributed by atoms with E-state index in [1.165, 1.54) is 17.1 Å². The van der Waals surface area contributed by atoms with Crippen LogP contribution in [0.15, 0.2) is 47.4 Å². The first kappa shape index (κ1) is 23.3. The Labute approximate surface area is 182 Å². The van der Waals surface area contributed by atoms with E-state index in [1.54, 1.807) is 19.2 Å². The minimum Gasteiger partial charge on any atom is -0.324 e. The van der Waals surface area contributed by atoms with E-state index in [9.17, 15) is 18.4 Å². The molecule has 1 heterocycles. The molecule has 3 aliphatic rings. The second-order valence-electron chi connectivity index (χ2n) is 8.75. The van der Waals surface area contributed by atoms with Gasteiger partial charge >= 0.3 is 0 Å². The van der Waals surface area contributed by atoms with Crippen LogP contribution in [0.4, 0.5) is 8.78 Å². The van der Waals surface area contributed by atoms with Crippen molar-refractivity contribution in [3.05, 3.63) is 47.4 Å². The molecule has 1 saturated heterocycles. The first-order valence-electron chi connectivity index (χ1n) is 10.8. The Bertz CT molecular complexity index is 864. The van der Waals surface area contributed by atoms with Gasteiger partial charge in [-0.05, 0) is 43.5 Å². The van der Waals surface area contributed by atoms with Gasteiger partial charge in [-0.3, -0.25) is 15.0 Å². The van der Waals surface area contributed by atoms with E-state index in [0.717, 1.165) is 0 Å². The molecule has 31 heavy (non-hydrogen) atoms. The van der Waals surface area contributed by atoms with Gasteiger partial charge < -0.3 is 10.2 Å². The number of nitrogens with zero attached hydrogens (tertiary/aromatic N) is 2. The lowest BCUT2D eigenvalue weighted by Gasteiger charge is -2.49. The molecule has 1 fully saturated rings. The first-order chi connectivity index (χ1) is 14.6. The zero-order valence-corrected chi connectivity index (χ0v) is 18.8. The monoisotopic (exact) mass is 434 g/mol. The molecule has 0 spiro atoms. The highest BCUT2D eigenvalue weighted by molar-refractivity contribution is 5.84. The molecule has 0 aromatic carbocycles. The van der Waals surface area contributed by atoms with Crippen LogP contribution in [0, 0.1) is 23.7 Å². The number of nitrogens with one attached hydrogen (secondary N) is 2. The number of likely N-dealkylation sites (tertiary alicyclic amines) is 1. The molecule has 0 bridgehead atoms. The number of halogens is 2. The Morgan fingerprint density at radius 1 is 1.26 bits per heavy atom. The fourth-order valence-electron chi connectivity index (χ4n) is 4.79. The first-order valence-corrected chi connectivity index (χ1v) is 10.8. The Kier molecular flexibility index (Phi) is 7.11. The predicted octanol–water partition coefficient (Wildman–Crippen LogP) is 3.19. The topological polar surface area (TPSA) is 64.7 Å². The van der Waals surface area contributed by atoms with Gasteiger partial charge in [0, 0.05) is 37.7 Å². The maximum absolute atomic E-state index is 14.3. The van der Waals surface area contributed by atoms with Crippen LogP contribution in [0.2, 0.25) is 0 Å². The number of amides is 2. The summed E-state index contributed by atoms with van der Waals surface area (Å²) < 4.78 is 28.4. The number of piperidine rings is 1. The third kappa shape index (κ3) is 4.80. The lowest BCUT2D eigenvalue weighted by Crippen LogP contribution is -2.60. The van der Waals surface area contributed by atoms with Crippen molar-refractivity contribution in [3.63, 3.8) is 0 Å². The third-order valence-corrected chi connectivity index (χ3v) is 6.48. The highest BCUT2D eigenvalue weighted by Crippen LogP contribution is 2.42. The molecule has 0 aromatic heterocycles. The maximum Gasteiger partial charge on any atom is 0.231 e. The number of fused-ring (bicyclic) bond motifs is 1. The van der Waals surface area contributed by atoms with Crippen LogP contribution in [0.1, 0.15) is 33.6 Å². The van der Waals surface area contributed by atoms with Crippen molar-refractivity contribution in [1.82, 2.24) is 20.7 Å². The quantitative estimate of drug-likeness (QED) is 0.631. The fraction of sp³-hybridized carbons (Fsp3) is 0.565. The minimum absolute atomic E-state index is 0.00502. The molecule has 0 saturated carbocycles. The van der Waals surface area contributed by atoms with Gasteiger partial charge in [-0.1, -0.05) is 26.8 Å². The summed E-state index contributed by atoms with van der Waals surface area (Å²) in [6, 6.07) is -0.151. The van der Waals surface area contributed by atoms with Crippen molar-refractivity contribution < 1.29 is 18.4 Å². The fourth-order valence-corrected chi connectivity index (χ4v) is 4.79.